The van der Waals surface area contributed by atoms with Crippen LogP contribution in [0.15, 0.2) is 12.1 Å². The minimum Gasteiger partial charge on any atom is -0.397 e. The third-order valence-corrected chi connectivity index (χ3v) is 2.70. The Hall–Kier alpha value is -1.04. The second-order valence-corrected chi connectivity index (χ2v) is 5.35. The molecule has 0 bridgehead atoms. The molecule has 4 N–H and O–H groups in total. The van der Waals surface area contributed by atoms with E-state index in [1.54, 1.807) is 6.92 Å². The molecule has 6 heteroatoms. The van der Waals surface area contributed by atoms with Crippen LogP contribution in [0.1, 0.15) is 6.92 Å². The minimum atomic E-state index is -0.920. The van der Waals surface area contributed by atoms with E-state index in [0.29, 0.717) is 12.2 Å². The van der Waals surface area contributed by atoms with Gasteiger partial charge in [-0.05, 0) is 27.1 Å². The summed E-state index contributed by atoms with van der Waals surface area (Å²) in [4.78, 5) is 1.88. The van der Waals surface area contributed by atoms with Crippen LogP contribution in [0.4, 0.5) is 15.8 Å². The van der Waals surface area contributed by atoms with Gasteiger partial charge in [0.25, 0.3) is 0 Å². The van der Waals surface area contributed by atoms with Crippen molar-refractivity contribution in [1.82, 2.24) is 4.90 Å². The SMILES string of the molecule is CN(C)CC(C)(O)CNc1cc(Cl)c(F)cc1N. The summed E-state index contributed by atoms with van der Waals surface area (Å²) in [6.45, 7) is 2.49. The van der Waals surface area contributed by atoms with E-state index in [-0.39, 0.29) is 17.3 Å². The number of hydrogen-bond acceptors (Lipinski definition) is 4. The number of aliphatic hydroxyl groups is 1. The Morgan fingerprint density at radius 3 is 2.67 bits per heavy atom. The molecule has 0 aliphatic heterocycles. The molecular formula is C12H19ClFN3O. The van der Waals surface area contributed by atoms with Gasteiger partial charge in [-0.25, -0.2) is 4.39 Å². The lowest BCUT2D eigenvalue weighted by molar-refractivity contribution is 0.0460. The van der Waals surface area contributed by atoms with Crippen molar-refractivity contribution in [3.8, 4) is 0 Å². The molecule has 1 rings (SSSR count). The Labute approximate surface area is 112 Å². The van der Waals surface area contributed by atoms with E-state index in [9.17, 15) is 9.50 Å². The Morgan fingerprint density at radius 2 is 2.11 bits per heavy atom. The summed E-state index contributed by atoms with van der Waals surface area (Å²) in [5.74, 6) is -0.556. The molecule has 0 aliphatic carbocycles. The predicted molar refractivity (Wildman–Crippen MR) is 73.5 cm³/mol. The van der Waals surface area contributed by atoms with Crippen LogP contribution in [0, 0.1) is 5.82 Å². The van der Waals surface area contributed by atoms with Crippen molar-refractivity contribution in [2.24, 2.45) is 0 Å². The molecule has 0 amide bonds. The van der Waals surface area contributed by atoms with E-state index >= 15 is 0 Å². The number of likely N-dealkylation sites (N-methyl/N-ethyl adjacent to an activating group) is 1. The molecule has 1 aromatic rings. The van der Waals surface area contributed by atoms with Crippen LogP contribution >= 0.6 is 11.6 Å². The zero-order chi connectivity index (χ0) is 13.9. The van der Waals surface area contributed by atoms with Gasteiger partial charge in [0, 0.05) is 19.2 Å². The first-order valence-electron chi connectivity index (χ1n) is 5.57. The summed E-state index contributed by atoms with van der Waals surface area (Å²) >= 11 is 5.68. The second-order valence-electron chi connectivity index (χ2n) is 4.94. The highest BCUT2D eigenvalue weighted by Gasteiger charge is 2.21. The third-order valence-electron chi connectivity index (χ3n) is 2.41. The largest absolute Gasteiger partial charge is 0.397 e. The summed E-state index contributed by atoms with van der Waals surface area (Å²) < 4.78 is 13.1. The fraction of sp³-hybridized carbons (Fsp3) is 0.500. The average Bonchev–Trinajstić information content (AvgIpc) is 2.19. The number of nitrogens with one attached hydrogen (secondary N) is 1. The Balaban J connectivity index is 2.72. The normalized spacial score (nSPS) is 14.6. The van der Waals surface area contributed by atoms with Crippen molar-refractivity contribution < 1.29 is 9.50 Å². The summed E-state index contributed by atoms with van der Waals surface area (Å²) in [6, 6.07) is 2.57. The minimum absolute atomic E-state index is 0.000970. The molecule has 1 unspecified atom stereocenters. The van der Waals surface area contributed by atoms with E-state index in [0.717, 1.165) is 6.07 Å². The van der Waals surface area contributed by atoms with E-state index in [4.69, 9.17) is 17.3 Å². The van der Waals surface area contributed by atoms with Crippen LogP contribution in [0.3, 0.4) is 0 Å². The summed E-state index contributed by atoms with van der Waals surface area (Å²) in [5, 5.41) is 13.1. The van der Waals surface area contributed by atoms with Crippen molar-refractivity contribution in [2.75, 3.05) is 38.2 Å². The molecule has 0 aliphatic rings. The smallest absolute Gasteiger partial charge is 0.143 e. The molecule has 1 atom stereocenters. The number of rotatable bonds is 5. The summed E-state index contributed by atoms with van der Waals surface area (Å²) in [7, 11) is 3.75. The van der Waals surface area contributed by atoms with Crippen LogP contribution in [-0.4, -0.2) is 42.8 Å². The number of anilines is 2. The standard InChI is InChI=1S/C12H19ClFN3O/c1-12(18,7-17(2)3)6-16-11-4-8(13)9(14)5-10(11)15/h4-5,16,18H,6-7,15H2,1-3H3. The highest BCUT2D eigenvalue weighted by Crippen LogP contribution is 2.26. The summed E-state index contributed by atoms with van der Waals surface area (Å²) in [5.41, 5.74) is 5.52. The fourth-order valence-electron chi connectivity index (χ4n) is 1.74. The van der Waals surface area contributed by atoms with E-state index < -0.39 is 11.4 Å². The number of halogens is 2. The summed E-state index contributed by atoms with van der Waals surface area (Å²) in [6.07, 6.45) is 0. The van der Waals surface area contributed by atoms with E-state index in [1.165, 1.54) is 6.07 Å². The van der Waals surface area contributed by atoms with Gasteiger partial charge < -0.3 is 21.1 Å². The first-order chi connectivity index (χ1) is 8.21. The second kappa shape index (κ2) is 5.73. The quantitative estimate of drug-likeness (QED) is 0.717. The number of benzene rings is 1. The molecule has 0 aromatic heterocycles. The van der Waals surface area contributed by atoms with Gasteiger partial charge in [-0.3, -0.25) is 0 Å². The van der Waals surface area contributed by atoms with E-state index in [2.05, 4.69) is 5.32 Å². The lowest BCUT2D eigenvalue weighted by Gasteiger charge is -2.27. The Morgan fingerprint density at radius 1 is 1.50 bits per heavy atom. The average molecular weight is 276 g/mol. The molecule has 0 spiro atoms. The highest BCUT2D eigenvalue weighted by molar-refractivity contribution is 6.31. The Kier molecular flexibility index (Phi) is 4.78. The maximum absolute atomic E-state index is 13.1. The van der Waals surface area contributed by atoms with Gasteiger partial charge >= 0.3 is 0 Å². The number of hydrogen-bond donors (Lipinski definition) is 3. The zero-order valence-electron chi connectivity index (χ0n) is 10.8. The number of nitrogens with two attached hydrogens (primary N) is 1. The zero-order valence-corrected chi connectivity index (χ0v) is 11.6. The number of nitrogens with zero attached hydrogens (tertiary/aromatic N) is 1. The van der Waals surface area contributed by atoms with Gasteiger partial charge in [-0.15, -0.1) is 0 Å². The van der Waals surface area contributed by atoms with E-state index in [1.807, 2.05) is 19.0 Å². The van der Waals surface area contributed by atoms with Gasteiger partial charge in [-0.1, -0.05) is 11.6 Å². The molecule has 0 saturated heterocycles. The molecule has 4 nitrogen and oxygen atoms in total. The van der Waals surface area contributed by atoms with Gasteiger partial charge in [0.05, 0.1) is 22.0 Å². The van der Waals surface area contributed by atoms with Crippen LogP contribution in [0.2, 0.25) is 5.02 Å². The van der Waals surface area contributed by atoms with Crippen LogP contribution in [0.5, 0.6) is 0 Å². The molecule has 0 saturated carbocycles. The molecule has 18 heavy (non-hydrogen) atoms. The van der Waals surface area contributed by atoms with Crippen molar-refractivity contribution in [3.05, 3.63) is 23.0 Å². The van der Waals surface area contributed by atoms with Crippen molar-refractivity contribution in [1.29, 1.82) is 0 Å². The predicted octanol–water partition coefficient (Wildman–Crippen LogP) is 1.79. The van der Waals surface area contributed by atoms with Crippen LogP contribution in [0.25, 0.3) is 0 Å². The van der Waals surface area contributed by atoms with Crippen LogP contribution in [-0.2, 0) is 0 Å². The molecule has 1 aromatic carbocycles. The monoisotopic (exact) mass is 275 g/mol. The number of nitrogen functional groups attached to an aromatic ring is 1. The van der Waals surface area contributed by atoms with Gasteiger partial charge in [-0.2, -0.15) is 0 Å². The lowest BCUT2D eigenvalue weighted by Crippen LogP contribution is -2.43. The molecule has 0 heterocycles. The maximum Gasteiger partial charge on any atom is 0.143 e. The highest BCUT2D eigenvalue weighted by atomic mass is 35.5. The molecular weight excluding hydrogens is 257 g/mol. The van der Waals surface area contributed by atoms with Crippen molar-refractivity contribution in [3.63, 3.8) is 0 Å². The maximum atomic E-state index is 13.1. The first-order valence-corrected chi connectivity index (χ1v) is 5.94. The van der Waals surface area contributed by atoms with Gasteiger partial charge in [0.2, 0.25) is 0 Å². The lowest BCUT2D eigenvalue weighted by atomic mass is 10.1. The topological polar surface area (TPSA) is 61.5 Å². The van der Waals surface area contributed by atoms with Gasteiger partial charge in [0.1, 0.15) is 5.82 Å². The van der Waals surface area contributed by atoms with Crippen molar-refractivity contribution >= 4 is 23.0 Å². The molecule has 0 radical (unpaired) electrons. The van der Waals surface area contributed by atoms with Gasteiger partial charge in [0.15, 0.2) is 0 Å². The Bertz CT molecular complexity index is 424. The third kappa shape index (κ3) is 4.33. The van der Waals surface area contributed by atoms with Crippen molar-refractivity contribution in [2.45, 2.75) is 12.5 Å². The van der Waals surface area contributed by atoms with Crippen LogP contribution < -0.4 is 11.1 Å². The first kappa shape index (κ1) is 15.0. The molecule has 102 valence electrons. The fourth-order valence-corrected chi connectivity index (χ4v) is 1.90. The molecule has 0 fully saturated rings.